The molecule has 0 saturated heterocycles. The fraction of sp³-hybridized carbons (Fsp3) is 0.462. The van der Waals surface area contributed by atoms with Crippen LogP contribution in [-0.4, -0.2) is 38.7 Å². The molecule has 0 aliphatic heterocycles. The maximum absolute atomic E-state index is 10.8. The van der Waals surface area contributed by atoms with Gasteiger partial charge in [0.15, 0.2) is 5.76 Å². The van der Waals surface area contributed by atoms with E-state index in [2.05, 4.69) is 10.1 Å². The number of nitrogens with zero attached hydrogens (tertiary/aromatic N) is 3. The third-order valence-corrected chi connectivity index (χ3v) is 3.05. The molecule has 0 aliphatic rings. The van der Waals surface area contributed by atoms with Crippen molar-refractivity contribution in [3.05, 3.63) is 24.3 Å². The van der Waals surface area contributed by atoms with Crippen LogP contribution >= 0.6 is 0 Å². The van der Waals surface area contributed by atoms with Gasteiger partial charge < -0.3 is 14.0 Å². The summed E-state index contributed by atoms with van der Waals surface area (Å²) in [5.74, 6) is 0.557. The van der Waals surface area contributed by atoms with E-state index in [1.54, 1.807) is 18.4 Å². The minimum absolute atomic E-state index is 0.0764. The number of furan rings is 1. The van der Waals surface area contributed by atoms with E-state index in [4.69, 9.17) is 14.0 Å². The molecule has 7 heteroatoms. The Balaban J connectivity index is 2.03. The van der Waals surface area contributed by atoms with Gasteiger partial charge in [-0.3, -0.25) is 9.69 Å². The Hall–Kier alpha value is -2.15. The van der Waals surface area contributed by atoms with Gasteiger partial charge in [0.05, 0.1) is 19.2 Å². The molecule has 2 heterocycles. The number of aliphatic carboxylic acids is 1. The van der Waals surface area contributed by atoms with E-state index in [9.17, 15) is 4.79 Å². The summed E-state index contributed by atoms with van der Waals surface area (Å²) in [6, 6.07) is 3.40. The average Bonchev–Trinajstić information content (AvgIpc) is 3.05. The first-order chi connectivity index (χ1) is 9.60. The molecule has 0 amide bonds. The van der Waals surface area contributed by atoms with Crippen LogP contribution in [0.25, 0.3) is 11.6 Å². The Morgan fingerprint density at radius 3 is 2.95 bits per heavy atom. The van der Waals surface area contributed by atoms with Crippen molar-refractivity contribution in [2.75, 3.05) is 6.54 Å². The van der Waals surface area contributed by atoms with E-state index < -0.39 is 5.97 Å². The van der Waals surface area contributed by atoms with Crippen molar-refractivity contribution < 1.29 is 18.8 Å². The topological polar surface area (TPSA) is 92.6 Å². The van der Waals surface area contributed by atoms with Gasteiger partial charge in [-0.05, 0) is 25.6 Å². The molecule has 1 N–H and O–H groups in total. The molecular formula is C13H17N3O4. The zero-order chi connectivity index (χ0) is 14.5. The fourth-order valence-corrected chi connectivity index (χ4v) is 1.96. The van der Waals surface area contributed by atoms with Crippen LogP contribution in [0.1, 0.15) is 26.2 Å². The minimum atomic E-state index is -0.822. The molecule has 7 nitrogen and oxygen atoms in total. The standard InChI is InChI=1S/C13H17N3O4/c1-3-16(9(2)7-12(17)18)8-11-14-13(15-20-11)10-5-4-6-19-10/h4-6,9H,3,7-8H2,1-2H3,(H,17,18). The van der Waals surface area contributed by atoms with Gasteiger partial charge in [0.2, 0.25) is 11.7 Å². The number of hydrogen-bond donors (Lipinski definition) is 1. The number of hydrogen-bond acceptors (Lipinski definition) is 6. The van der Waals surface area contributed by atoms with Crippen molar-refractivity contribution in [1.29, 1.82) is 0 Å². The molecule has 2 aromatic rings. The molecule has 2 rings (SSSR count). The quantitative estimate of drug-likeness (QED) is 0.828. The average molecular weight is 279 g/mol. The highest BCUT2D eigenvalue weighted by Crippen LogP contribution is 2.17. The Morgan fingerprint density at radius 2 is 2.35 bits per heavy atom. The molecule has 1 atom stereocenters. The zero-order valence-electron chi connectivity index (χ0n) is 11.4. The molecule has 20 heavy (non-hydrogen) atoms. The van der Waals surface area contributed by atoms with E-state index in [1.807, 2.05) is 18.7 Å². The highest BCUT2D eigenvalue weighted by atomic mass is 16.5. The Morgan fingerprint density at radius 1 is 1.55 bits per heavy atom. The summed E-state index contributed by atoms with van der Waals surface area (Å²) in [4.78, 5) is 17.0. The summed E-state index contributed by atoms with van der Waals surface area (Å²) in [6.07, 6.45) is 1.62. The molecule has 108 valence electrons. The first-order valence-corrected chi connectivity index (χ1v) is 6.42. The van der Waals surface area contributed by atoms with Crippen LogP contribution in [0.15, 0.2) is 27.3 Å². The largest absolute Gasteiger partial charge is 0.481 e. The zero-order valence-corrected chi connectivity index (χ0v) is 11.4. The number of rotatable bonds is 7. The lowest BCUT2D eigenvalue weighted by Crippen LogP contribution is -2.34. The Labute approximate surface area is 116 Å². The van der Waals surface area contributed by atoms with Crippen molar-refractivity contribution in [3.8, 4) is 11.6 Å². The summed E-state index contributed by atoms with van der Waals surface area (Å²) >= 11 is 0. The van der Waals surface area contributed by atoms with Crippen molar-refractivity contribution in [1.82, 2.24) is 15.0 Å². The molecule has 2 aromatic heterocycles. The molecule has 0 fully saturated rings. The van der Waals surface area contributed by atoms with Gasteiger partial charge in [-0.2, -0.15) is 4.98 Å². The first-order valence-electron chi connectivity index (χ1n) is 6.42. The summed E-state index contributed by atoms with van der Waals surface area (Å²) in [5, 5.41) is 12.7. The third-order valence-electron chi connectivity index (χ3n) is 3.05. The summed E-state index contributed by atoms with van der Waals surface area (Å²) in [6.45, 7) is 4.94. The van der Waals surface area contributed by atoms with Crippen molar-refractivity contribution >= 4 is 5.97 Å². The van der Waals surface area contributed by atoms with Gasteiger partial charge in [-0.25, -0.2) is 0 Å². The SMILES string of the molecule is CCN(Cc1nc(-c2ccco2)no1)C(C)CC(=O)O. The minimum Gasteiger partial charge on any atom is -0.481 e. The molecule has 0 aliphatic carbocycles. The van der Waals surface area contributed by atoms with Crippen molar-refractivity contribution in [2.45, 2.75) is 32.9 Å². The predicted molar refractivity (Wildman–Crippen MR) is 69.8 cm³/mol. The van der Waals surface area contributed by atoms with Gasteiger partial charge in [0, 0.05) is 6.04 Å². The van der Waals surface area contributed by atoms with E-state index in [0.717, 1.165) is 0 Å². The second-order valence-corrected chi connectivity index (χ2v) is 4.50. The van der Waals surface area contributed by atoms with Gasteiger partial charge in [0.25, 0.3) is 0 Å². The lowest BCUT2D eigenvalue weighted by molar-refractivity contribution is -0.138. The number of carboxylic acids is 1. The summed E-state index contributed by atoms with van der Waals surface area (Å²) in [5.41, 5.74) is 0. The third kappa shape index (κ3) is 3.45. The second-order valence-electron chi connectivity index (χ2n) is 4.50. The lowest BCUT2D eigenvalue weighted by atomic mass is 10.2. The molecule has 0 bridgehead atoms. The highest BCUT2D eigenvalue weighted by Gasteiger charge is 2.19. The van der Waals surface area contributed by atoms with Crippen LogP contribution in [0.3, 0.4) is 0 Å². The van der Waals surface area contributed by atoms with Crippen molar-refractivity contribution in [2.24, 2.45) is 0 Å². The Bertz CT molecular complexity index is 550. The van der Waals surface area contributed by atoms with Crippen LogP contribution in [0.5, 0.6) is 0 Å². The molecule has 1 unspecified atom stereocenters. The maximum Gasteiger partial charge on any atom is 0.304 e. The molecule has 0 aromatic carbocycles. The summed E-state index contributed by atoms with van der Waals surface area (Å²) in [7, 11) is 0. The van der Waals surface area contributed by atoms with E-state index in [-0.39, 0.29) is 12.5 Å². The van der Waals surface area contributed by atoms with Gasteiger partial charge in [-0.1, -0.05) is 12.1 Å². The number of carboxylic acid groups (broad SMARTS) is 1. The normalized spacial score (nSPS) is 12.8. The Kier molecular flexibility index (Phi) is 4.52. The van der Waals surface area contributed by atoms with Gasteiger partial charge in [0.1, 0.15) is 0 Å². The first kappa shape index (κ1) is 14.3. The summed E-state index contributed by atoms with van der Waals surface area (Å²) < 4.78 is 10.4. The van der Waals surface area contributed by atoms with Crippen LogP contribution in [0, 0.1) is 0 Å². The second kappa shape index (κ2) is 6.33. The monoisotopic (exact) mass is 279 g/mol. The van der Waals surface area contributed by atoms with Crippen LogP contribution in [0.4, 0.5) is 0 Å². The fourth-order valence-electron chi connectivity index (χ4n) is 1.96. The van der Waals surface area contributed by atoms with Gasteiger partial charge >= 0.3 is 5.97 Å². The number of aromatic nitrogens is 2. The van der Waals surface area contributed by atoms with Crippen LogP contribution < -0.4 is 0 Å². The van der Waals surface area contributed by atoms with Crippen LogP contribution in [0.2, 0.25) is 0 Å². The molecular weight excluding hydrogens is 262 g/mol. The lowest BCUT2D eigenvalue weighted by Gasteiger charge is -2.24. The van der Waals surface area contributed by atoms with Gasteiger partial charge in [-0.15, -0.1) is 0 Å². The van der Waals surface area contributed by atoms with E-state index in [0.29, 0.717) is 30.6 Å². The van der Waals surface area contributed by atoms with E-state index in [1.165, 1.54) is 0 Å². The number of carbonyl (C=O) groups is 1. The van der Waals surface area contributed by atoms with Crippen LogP contribution in [-0.2, 0) is 11.3 Å². The smallest absolute Gasteiger partial charge is 0.304 e. The molecule has 0 spiro atoms. The van der Waals surface area contributed by atoms with Crippen molar-refractivity contribution in [3.63, 3.8) is 0 Å². The molecule has 0 radical (unpaired) electrons. The molecule has 0 saturated carbocycles. The van der Waals surface area contributed by atoms with E-state index >= 15 is 0 Å². The maximum atomic E-state index is 10.8. The highest BCUT2D eigenvalue weighted by molar-refractivity contribution is 5.67. The predicted octanol–water partition coefficient (Wildman–Crippen LogP) is 2.01.